The second-order valence-corrected chi connectivity index (χ2v) is 26.3. The van der Waals surface area contributed by atoms with E-state index >= 15 is 9.59 Å². The summed E-state index contributed by atoms with van der Waals surface area (Å²) in [7, 11) is 0. The molecule has 15 heteroatoms. The highest BCUT2D eigenvalue weighted by atomic mass is 16.7. The number of anilines is 1. The summed E-state index contributed by atoms with van der Waals surface area (Å²) in [5, 5.41) is 83.4. The van der Waals surface area contributed by atoms with Crippen LogP contribution in [0, 0.1) is 28.6 Å². The normalized spacial score (nSPS) is 36.5. The van der Waals surface area contributed by atoms with E-state index in [4.69, 9.17) is 14.5 Å². The molecule has 6 spiro atoms. The topological polar surface area (TPSA) is 243 Å². The van der Waals surface area contributed by atoms with Crippen molar-refractivity contribution in [3.63, 3.8) is 0 Å². The lowest BCUT2D eigenvalue weighted by Gasteiger charge is -2.64. The van der Waals surface area contributed by atoms with Crippen LogP contribution in [0.1, 0.15) is 188 Å². The minimum absolute atomic E-state index is 0.00450. The van der Waals surface area contributed by atoms with Gasteiger partial charge in [-0.05, 0) is 159 Å². The van der Waals surface area contributed by atoms with E-state index in [2.05, 4.69) is 26.3 Å². The van der Waals surface area contributed by atoms with E-state index in [0.29, 0.717) is 59.0 Å². The summed E-state index contributed by atoms with van der Waals surface area (Å²) in [4.78, 5) is 47.6. The van der Waals surface area contributed by atoms with Crippen LogP contribution in [0.5, 0.6) is 11.5 Å². The first-order valence-electron chi connectivity index (χ1n) is 28.7. The number of rotatable bonds is 2. The Morgan fingerprint density at radius 1 is 0.766 bits per heavy atom. The zero-order valence-electron chi connectivity index (χ0n) is 43.5. The number of nitrogens with zero attached hydrogens (tertiary/aromatic N) is 2. The Kier molecular flexibility index (Phi) is 9.57. The molecule has 0 radical (unpaired) electrons. The molecular formula is C62H67N5O10. The Bertz CT molecular complexity index is 3490. The Morgan fingerprint density at radius 2 is 1.53 bits per heavy atom. The number of aliphatic hydroxyl groups excluding tert-OH is 5. The second-order valence-electron chi connectivity index (χ2n) is 26.3. The number of hydrogen-bond donors (Lipinski definition) is 9. The summed E-state index contributed by atoms with van der Waals surface area (Å²) in [6.07, 6.45) is 15.6. The molecule has 1 saturated heterocycles. The summed E-state index contributed by atoms with van der Waals surface area (Å²) in [5.74, 6) is -4.20. The first-order chi connectivity index (χ1) is 37.1. The molecule has 7 heterocycles. The number of pyridine rings is 1. The SMILES string of the molecule is Cc1cc(O)c2c(c1)C(=O)c1c(c3cc4c(nccc14)NC[C@H](O)[C@@]14CC5(CCCC5)C[C@H]1c1cc(C5(c6cnc[nH]6)CCCCC5)[nH]c1C1=C[C@@]5(O3)O[C@@]3(C1=C4C[C@@]1(CCC4(CCCC4)C1)[C@H]3O)[C@@H](O)[C@H](O)[C@H]5O)C2=O. The van der Waals surface area contributed by atoms with Gasteiger partial charge in [0.2, 0.25) is 5.78 Å². The highest BCUT2D eigenvalue weighted by molar-refractivity contribution is 6.34. The van der Waals surface area contributed by atoms with Gasteiger partial charge in [0.05, 0.1) is 35.1 Å². The molecule has 17 rings (SSSR count). The van der Waals surface area contributed by atoms with Gasteiger partial charge in [-0.1, -0.05) is 50.5 Å². The van der Waals surface area contributed by atoms with E-state index in [-0.39, 0.29) is 57.0 Å². The fraction of sp³-hybridized carbons (Fsp3) is 0.548. The molecule has 3 aromatic heterocycles. The van der Waals surface area contributed by atoms with Gasteiger partial charge in [0.15, 0.2) is 17.5 Å². The minimum Gasteiger partial charge on any atom is -0.507 e. The summed E-state index contributed by atoms with van der Waals surface area (Å²) in [5.41, 5.74) is 1.15. The van der Waals surface area contributed by atoms with Gasteiger partial charge < -0.3 is 55.4 Å². The molecule has 5 saturated carbocycles. The third kappa shape index (κ3) is 5.83. The average Bonchev–Trinajstić information content (AvgIpc) is 4.40. The van der Waals surface area contributed by atoms with Gasteiger partial charge in [-0.2, -0.15) is 0 Å². The number of aryl methyl sites for hydroxylation is 1. The number of aromatic hydroxyl groups is 1. The maximum absolute atomic E-state index is 15.3. The van der Waals surface area contributed by atoms with E-state index in [1.54, 1.807) is 43.7 Å². The highest BCUT2D eigenvalue weighted by Crippen LogP contribution is 2.76. The van der Waals surface area contributed by atoms with Crippen LogP contribution in [0.15, 0.2) is 66.3 Å². The maximum atomic E-state index is 15.3. The number of benzene rings is 2. The monoisotopic (exact) mass is 1040 g/mol. The van der Waals surface area contributed by atoms with Crippen molar-refractivity contribution >= 4 is 33.7 Å². The van der Waals surface area contributed by atoms with Crippen molar-refractivity contribution < 1.29 is 49.7 Å². The van der Waals surface area contributed by atoms with Gasteiger partial charge in [0, 0.05) is 68.9 Å². The summed E-state index contributed by atoms with van der Waals surface area (Å²) in [6.45, 7) is 1.76. The van der Waals surface area contributed by atoms with Crippen LogP contribution in [-0.4, -0.2) is 111 Å². The number of ether oxygens (including phenoxy) is 2. The number of aliphatic hydroxyl groups is 5. The summed E-state index contributed by atoms with van der Waals surface area (Å²) < 4.78 is 14.9. The number of carbonyl (C=O) groups excluding carboxylic acids is 2. The average molecular weight is 1040 g/mol. The van der Waals surface area contributed by atoms with Crippen LogP contribution in [0.4, 0.5) is 5.82 Å². The van der Waals surface area contributed by atoms with Crippen molar-refractivity contribution in [2.75, 3.05) is 11.9 Å². The van der Waals surface area contributed by atoms with Gasteiger partial charge in [0.25, 0.3) is 5.79 Å². The van der Waals surface area contributed by atoms with E-state index in [1.165, 1.54) is 6.07 Å². The predicted octanol–water partition coefficient (Wildman–Crippen LogP) is 8.37. The number of carbonyl (C=O) groups is 2. The number of hydrogen-bond acceptors (Lipinski definition) is 13. The molecule has 8 bridgehead atoms. The minimum atomic E-state index is -2.45. The van der Waals surface area contributed by atoms with E-state index in [9.17, 15) is 30.6 Å². The molecule has 400 valence electrons. The molecule has 0 amide bonds. The maximum Gasteiger partial charge on any atom is 0.261 e. The molecule has 5 aromatic rings. The van der Waals surface area contributed by atoms with Gasteiger partial charge in [-0.3, -0.25) is 9.59 Å². The van der Waals surface area contributed by atoms with E-state index in [0.717, 1.165) is 125 Å². The number of ketones is 2. The van der Waals surface area contributed by atoms with Crippen LogP contribution in [0.3, 0.4) is 0 Å². The van der Waals surface area contributed by atoms with Crippen LogP contribution in [-0.2, 0) is 10.2 Å². The Hall–Kier alpha value is -5.68. The fourth-order valence-corrected chi connectivity index (χ4v) is 19.4. The summed E-state index contributed by atoms with van der Waals surface area (Å²) in [6, 6.07) is 8.61. The second kappa shape index (κ2) is 15.6. The quantitative estimate of drug-likeness (QED) is 0.0793. The van der Waals surface area contributed by atoms with Crippen molar-refractivity contribution in [2.45, 2.75) is 182 Å². The molecule has 9 N–H and O–H groups in total. The highest BCUT2D eigenvalue weighted by Gasteiger charge is 2.77. The smallest absolute Gasteiger partial charge is 0.261 e. The van der Waals surface area contributed by atoms with Gasteiger partial charge in [-0.15, -0.1) is 0 Å². The number of H-pyrrole nitrogens is 2. The standard InChI is InChI=1S/C62H67N5O10/c1-31-19-35-44(39(68)20-31)50(71)46-40-21-33-32(45(46)49(35)70)9-18-64-54(33)65-27-43(69)60-29-57(12-7-8-13-57)24-37(60)34-22-41(59(14-3-2-4-15-59)42-26-63-30-66-42)67-48(34)36-23-61(76-40)52(73)51(72)53(74)62(77-61)47(36)38(60)25-58(55(62)75)17-16-56(28-58)10-5-6-11-56/h9,18-23,26,30,37,43,51-53,55,67-69,72-75H,2-8,10-17,24-25,27-29H2,1H3,(H,63,66)(H,64,65)/t37-,43-,51+,52+,53-,55+,58+,60-,61+,62-/m0/s1. The number of nitrogens with one attached hydrogen (secondary N) is 3. The largest absolute Gasteiger partial charge is 0.507 e. The molecule has 8 aliphatic carbocycles. The van der Waals surface area contributed by atoms with Gasteiger partial charge >= 0.3 is 0 Å². The third-order valence-corrected chi connectivity index (χ3v) is 22.6. The van der Waals surface area contributed by atoms with E-state index in [1.807, 2.05) is 6.20 Å². The van der Waals surface area contributed by atoms with Crippen molar-refractivity contribution in [3.05, 3.63) is 117 Å². The molecule has 12 aliphatic rings. The van der Waals surface area contributed by atoms with Crippen molar-refractivity contribution in [1.29, 1.82) is 0 Å². The molecule has 2 aromatic carbocycles. The number of phenolic OH excluding ortho intramolecular Hbond substituents is 1. The zero-order valence-corrected chi connectivity index (χ0v) is 43.5. The number of aromatic amines is 2. The predicted molar refractivity (Wildman–Crippen MR) is 283 cm³/mol. The lowest BCUT2D eigenvalue weighted by atomic mass is 9.50. The molecule has 15 nitrogen and oxygen atoms in total. The van der Waals surface area contributed by atoms with Crippen LogP contribution in [0.25, 0.3) is 16.3 Å². The fourth-order valence-electron chi connectivity index (χ4n) is 19.4. The molecule has 6 fully saturated rings. The number of fused-ring (bicyclic) bond motifs is 7. The van der Waals surface area contributed by atoms with Crippen LogP contribution in [0.2, 0.25) is 0 Å². The lowest BCUT2D eigenvalue weighted by molar-refractivity contribution is -0.366. The molecule has 0 unspecified atom stereocenters. The lowest BCUT2D eigenvalue weighted by Crippen LogP contribution is -2.79. The molecule has 77 heavy (non-hydrogen) atoms. The summed E-state index contributed by atoms with van der Waals surface area (Å²) >= 11 is 0. The third-order valence-electron chi connectivity index (χ3n) is 22.6. The van der Waals surface area contributed by atoms with Gasteiger partial charge in [0.1, 0.15) is 29.5 Å². The molecule has 4 aliphatic heterocycles. The first kappa shape index (κ1) is 47.3. The van der Waals surface area contributed by atoms with Crippen molar-refractivity contribution in [1.82, 2.24) is 19.9 Å². The number of aromatic nitrogens is 4. The van der Waals surface area contributed by atoms with Crippen LogP contribution < -0.4 is 10.1 Å². The Labute approximate surface area is 445 Å². The Morgan fingerprint density at radius 3 is 2.30 bits per heavy atom. The van der Waals surface area contributed by atoms with Crippen molar-refractivity contribution in [3.8, 4) is 11.5 Å². The van der Waals surface area contributed by atoms with Gasteiger partial charge in [-0.25, -0.2) is 9.97 Å². The van der Waals surface area contributed by atoms with Crippen LogP contribution >= 0.6 is 0 Å². The van der Waals surface area contributed by atoms with Crippen molar-refractivity contribution in [2.24, 2.45) is 21.7 Å². The zero-order chi connectivity index (χ0) is 52.4. The molecular weight excluding hydrogens is 975 g/mol. The molecule has 10 atom stereocenters. The van der Waals surface area contributed by atoms with E-state index < -0.39 is 69.7 Å². The number of phenols is 1. The first-order valence-corrected chi connectivity index (χ1v) is 28.7. The Balaban J connectivity index is 1.04. The number of imidazole rings is 1.